The lowest BCUT2D eigenvalue weighted by molar-refractivity contribution is 0.0716. The van der Waals surface area contributed by atoms with Gasteiger partial charge < -0.3 is 14.2 Å². The standard InChI is InChI=1S/C20H18Cl2N2O2/c1-13-16-6-3-7-17(22)19(16)26-18(13)20(25)24-10-8-23(9-11-24)15-5-2-4-14(21)12-15/h2-7,12H,8-11H2,1H3. The van der Waals surface area contributed by atoms with Crippen molar-refractivity contribution in [2.24, 2.45) is 0 Å². The van der Waals surface area contributed by atoms with Crippen LogP contribution < -0.4 is 4.90 Å². The first-order valence-electron chi connectivity index (χ1n) is 8.52. The average molecular weight is 389 g/mol. The van der Waals surface area contributed by atoms with E-state index in [-0.39, 0.29) is 5.91 Å². The van der Waals surface area contributed by atoms with E-state index in [9.17, 15) is 4.79 Å². The highest BCUT2D eigenvalue weighted by atomic mass is 35.5. The Morgan fingerprint density at radius 1 is 1.04 bits per heavy atom. The number of halogens is 2. The molecule has 0 aliphatic carbocycles. The Balaban J connectivity index is 1.52. The predicted molar refractivity (Wildman–Crippen MR) is 106 cm³/mol. The Morgan fingerprint density at radius 3 is 2.46 bits per heavy atom. The predicted octanol–water partition coefficient (Wildman–Crippen LogP) is 5.01. The van der Waals surface area contributed by atoms with Crippen molar-refractivity contribution in [3.8, 4) is 0 Å². The maximum absolute atomic E-state index is 12.9. The van der Waals surface area contributed by atoms with Gasteiger partial charge in [-0.05, 0) is 31.2 Å². The Morgan fingerprint density at radius 2 is 1.77 bits per heavy atom. The smallest absolute Gasteiger partial charge is 0.290 e. The van der Waals surface area contributed by atoms with Gasteiger partial charge in [0, 0.05) is 47.8 Å². The molecule has 6 heteroatoms. The lowest BCUT2D eigenvalue weighted by atomic mass is 10.1. The monoisotopic (exact) mass is 388 g/mol. The van der Waals surface area contributed by atoms with E-state index < -0.39 is 0 Å². The number of benzene rings is 2. The Hall–Kier alpha value is -2.17. The minimum atomic E-state index is -0.0829. The number of amides is 1. The molecule has 26 heavy (non-hydrogen) atoms. The lowest BCUT2D eigenvalue weighted by Gasteiger charge is -2.35. The SMILES string of the molecule is Cc1c(C(=O)N2CCN(c3cccc(Cl)c3)CC2)oc2c(Cl)cccc12. The van der Waals surface area contributed by atoms with E-state index in [4.69, 9.17) is 27.6 Å². The number of fused-ring (bicyclic) bond motifs is 1. The Kier molecular flexibility index (Phi) is 4.55. The van der Waals surface area contributed by atoms with Gasteiger partial charge in [-0.25, -0.2) is 0 Å². The molecular weight excluding hydrogens is 371 g/mol. The number of rotatable bonds is 2. The molecule has 1 fully saturated rings. The molecule has 0 spiro atoms. The summed E-state index contributed by atoms with van der Waals surface area (Å²) in [4.78, 5) is 17.0. The third-order valence-corrected chi connectivity index (χ3v) is 5.38. The Labute approximate surface area is 161 Å². The molecule has 4 rings (SSSR count). The van der Waals surface area contributed by atoms with Gasteiger partial charge in [-0.2, -0.15) is 0 Å². The molecule has 2 heterocycles. The number of carbonyl (C=O) groups excluding carboxylic acids is 1. The minimum absolute atomic E-state index is 0.0829. The number of hydrogen-bond acceptors (Lipinski definition) is 3. The summed E-state index contributed by atoms with van der Waals surface area (Å²) in [5.41, 5.74) is 2.49. The fraction of sp³-hybridized carbons (Fsp3) is 0.250. The van der Waals surface area contributed by atoms with Gasteiger partial charge >= 0.3 is 0 Å². The molecule has 1 aliphatic heterocycles. The maximum Gasteiger partial charge on any atom is 0.290 e. The molecule has 1 aromatic heterocycles. The fourth-order valence-corrected chi connectivity index (χ4v) is 3.79. The van der Waals surface area contributed by atoms with Gasteiger partial charge in [0.1, 0.15) is 0 Å². The quantitative estimate of drug-likeness (QED) is 0.618. The van der Waals surface area contributed by atoms with Crippen molar-refractivity contribution in [1.82, 2.24) is 4.90 Å². The second-order valence-electron chi connectivity index (χ2n) is 6.43. The highest BCUT2D eigenvalue weighted by Gasteiger charge is 2.27. The molecule has 0 atom stereocenters. The van der Waals surface area contributed by atoms with Crippen molar-refractivity contribution in [2.45, 2.75) is 6.92 Å². The average Bonchev–Trinajstić information content (AvgIpc) is 3.00. The van der Waals surface area contributed by atoms with E-state index in [1.54, 1.807) is 6.07 Å². The van der Waals surface area contributed by atoms with E-state index in [0.717, 1.165) is 34.7 Å². The van der Waals surface area contributed by atoms with E-state index >= 15 is 0 Å². The molecule has 0 radical (unpaired) electrons. The third kappa shape index (κ3) is 3.04. The van der Waals surface area contributed by atoms with Crippen LogP contribution in [0.4, 0.5) is 5.69 Å². The Bertz CT molecular complexity index is 975. The van der Waals surface area contributed by atoms with Crippen LogP contribution in [-0.2, 0) is 0 Å². The van der Waals surface area contributed by atoms with Gasteiger partial charge in [-0.3, -0.25) is 4.79 Å². The zero-order valence-electron chi connectivity index (χ0n) is 14.3. The number of furan rings is 1. The number of aryl methyl sites for hydroxylation is 1. The molecule has 134 valence electrons. The van der Waals surface area contributed by atoms with Crippen molar-refractivity contribution in [1.29, 1.82) is 0 Å². The molecule has 0 N–H and O–H groups in total. The van der Waals surface area contributed by atoms with Crippen molar-refractivity contribution in [2.75, 3.05) is 31.1 Å². The zero-order valence-corrected chi connectivity index (χ0v) is 15.8. The first-order valence-corrected chi connectivity index (χ1v) is 9.27. The van der Waals surface area contributed by atoms with Crippen LogP contribution in [0.3, 0.4) is 0 Å². The largest absolute Gasteiger partial charge is 0.449 e. The first-order chi connectivity index (χ1) is 12.5. The third-order valence-electron chi connectivity index (χ3n) is 4.85. The molecule has 0 bridgehead atoms. The molecule has 4 nitrogen and oxygen atoms in total. The number of nitrogens with zero attached hydrogens (tertiary/aromatic N) is 2. The van der Waals surface area contributed by atoms with Crippen LogP contribution in [0.2, 0.25) is 10.0 Å². The van der Waals surface area contributed by atoms with Crippen LogP contribution >= 0.6 is 23.2 Å². The van der Waals surface area contributed by atoms with Crippen LogP contribution in [0.5, 0.6) is 0 Å². The van der Waals surface area contributed by atoms with Crippen LogP contribution in [0.15, 0.2) is 46.9 Å². The summed E-state index contributed by atoms with van der Waals surface area (Å²) in [6, 6.07) is 13.3. The summed E-state index contributed by atoms with van der Waals surface area (Å²) in [6.45, 7) is 4.68. The summed E-state index contributed by atoms with van der Waals surface area (Å²) < 4.78 is 5.82. The summed E-state index contributed by atoms with van der Waals surface area (Å²) in [5.74, 6) is 0.296. The summed E-state index contributed by atoms with van der Waals surface area (Å²) in [5, 5.41) is 2.13. The van der Waals surface area contributed by atoms with Crippen molar-refractivity contribution >= 4 is 45.8 Å². The van der Waals surface area contributed by atoms with Gasteiger partial charge in [0.25, 0.3) is 5.91 Å². The first kappa shape index (κ1) is 17.3. The summed E-state index contributed by atoms with van der Waals surface area (Å²) >= 11 is 12.3. The van der Waals surface area contributed by atoms with Gasteiger partial charge in [-0.1, -0.05) is 41.4 Å². The zero-order chi connectivity index (χ0) is 18.3. The van der Waals surface area contributed by atoms with Gasteiger partial charge in [0.2, 0.25) is 0 Å². The molecule has 0 unspecified atom stereocenters. The van der Waals surface area contributed by atoms with Gasteiger partial charge in [0.05, 0.1) is 5.02 Å². The second-order valence-corrected chi connectivity index (χ2v) is 7.28. The molecular formula is C20H18Cl2N2O2. The summed E-state index contributed by atoms with van der Waals surface area (Å²) in [6.07, 6.45) is 0. The number of anilines is 1. The van der Waals surface area contributed by atoms with E-state index in [2.05, 4.69) is 4.90 Å². The number of hydrogen-bond donors (Lipinski definition) is 0. The van der Waals surface area contributed by atoms with Crippen LogP contribution in [0, 0.1) is 6.92 Å². The fourth-order valence-electron chi connectivity index (χ4n) is 3.40. The topological polar surface area (TPSA) is 36.7 Å². The van der Waals surface area contributed by atoms with Gasteiger partial charge in [0.15, 0.2) is 11.3 Å². The van der Waals surface area contributed by atoms with E-state index in [1.165, 1.54) is 0 Å². The summed E-state index contributed by atoms with van der Waals surface area (Å²) in [7, 11) is 0. The number of carbonyl (C=O) groups is 1. The van der Waals surface area contributed by atoms with Crippen LogP contribution in [-0.4, -0.2) is 37.0 Å². The maximum atomic E-state index is 12.9. The minimum Gasteiger partial charge on any atom is -0.449 e. The molecule has 2 aromatic carbocycles. The molecule has 1 saturated heterocycles. The highest BCUT2D eigenvalue weighted by Crippen LogP contribution is 2.31. The lowest BCUT2D eigenvalue weighted by Crippen LogP contribution is -2.48. The van der Waals surface area contributed by atoms with Crippen molar-refractivity contribution < 1.29 is 9.21 Å². The molecule has 1 amide bonds. The van der Waals surface area contributed by atoms with Crippen LogP contribution in [0.25, 0.3) is 11.0 Å². The van der Waals surface area contributed by atoms with E-state index in [0.29, 0.717) is 29.5 Å². The van der Waals surface area contributed by atoms with Gasteiger partial charge in [-0.15, -0.1) is 0 Å². The number of piperazine rings is 1. The molecule has 0 saturated carbocycles. The number of para-hydroxylation sites is 1. The normalized spacial score (nSPS) is 14.9. The highest BCUT2D eigenvalue weighted by molar-refractivity contribution is 6.35. The van der Waals surface area contributed by atoms with Crippen molar-refractivity contribution in [3.63, 3.8) is 0 Å². The van der Waals surface area contributed by atoms with Crippen molar-refractivity contribution in [3.05, 3.63) is 63.8 Å². The van der Waals surface area contributed by atoms with Crippen LogP contribution in [0.1, 0.15) is 16.1 Å². The second kappa shape index (κ2) is 6.86. The van der Waals surface area contributed by atoms with E-state index in [1.807, 2.05) is 48.2 Å². The molecule has 1 aliphatic rings. The molecule has 3 aromatic rings.